The number of hydrogen-bond donors (Lipinski definition) is 1. The monoisotopic (exact) mass is 240 g/mol. The van der Waals surface area contributed by atoms with Crippen LogP contribution in [0.15, 0.2) is 0 Å². The number of aryl methyl sites for hydroxylation is 1. The van der Waals surface area contributed by atoms with Gasteiger partial charge in [0, 0.05) is 18.0 Å². The highest BCUT2D eigenvalue weighted by Gasteiger charge is 2.32. The fourth-order valence-corrected chi connectivity index (χ4v) is 2.75. The molecular formula is C11H16N2O2S. The predicted octanol–water partition coefficient (Wildman–Crippen LogP) is 2.38. The van der Waals surface area contributed by atoms with Gasteiger partial charge >= 0.3 is 5.97 Å². The van der Waals surface area contributed by atoms with Gasteiger partial charge in [-0.3, -0.25) is 0 Å². The molecular weight excluding hydrogens is 224 g/mol. The number of rotatable bonds is 4. The van der Waals surface area contributed by atoms with Gasteiger partial charge < -0.3 is 10.0 Å². The third kappa shape index (κ3) is 2.04. The van der Waals surface area contributed by atoms with Gasteiger partial charge in [0.05, 0.1) is 0 Å². The van der Waals surface area contributed by atoms with Crippen LogP contribution in [-0.4, -0.2) is 29.1 Å². The van der Waals surface area contributed by atoms with Gasteiger partial charge in [-0.05, 0) is 32.6 Å². The standard InChI is InChI=1S/C11H16N2O2S/c1-6(8-4-5-8)13(3)11-12-9(10(14)15)7(2)16-11/h6,8H,4-5H2,1-3H3,(H,14,15). The quantitative estimate of drug-likeness (QED) is 0.878. The molecule has 0 radical (unpaired) electrons. The van der Waals surface area contributed by atoms with E-state index in [0.29, 0.717) is 6.04 Å². The van der Waals surface area contributed by atoms with Crippen molar-refractivity contribution in [1.29, 1.82) is 0 Å². The molecule has 1 aliphatic rings. The van der Waals surface area contributed by atoms with Gasteiger partial charge in [0.1, 0.15) is 0 Å². The van der Waals surface area contributed by atoms with Crippen molar-refractivity contribution in [2.24, 2.45) is 5.92 Å². The second-order valence-electron chi connectivity index (χ2n) is 4.40. The first-order valence-corrected chi connectivity index (χ1v) is 6.26. The lowest BCUT2D eigenvalue weighted by molar-refractivity contribution is 0.0690. The average molecular weight is 240 g/mol. The summed E-state index contributed by atoms with van der Waals surface area (Å²) in [5.41, 5.74) is 0.190. The van der Waals surface area contributed by atoms with Gasteiger partial charge in [0.2, 0.25) is 0 Å². The Labute approximate surface area is 98.9 Å². The second kappa shape index (κ2) is 4.05. The van der Waals surface area contributed by atoms with E-state index in [1.165, 1.54) is 24.2 Å². The molecule has 0 spiro atoms. The van der Waals surface area contributed by atoms with E-state index in [1.54, 1.807) is 6.92 Å². The fourth-order valence-electron chi connectivity index (χ4n) is 1.80. The normalized spacial score (nSPS) is 17.2. The lowest BCUT2D eigenvalue weighted by atomic mass is 10.2. The molecule has 0 saturated heterocycles. The number of anilines is 1. The molecule has 5 heteroatoms. The van der Waals surface area contributed by atoms with E-state index >= 15 is 0 Å². The molecule has 0 bridgehead atoms. The largest absolute Gasteiger partial charge is 0.476 e. The molecule has 1 unspecified atom stereocenters. The number of carboxylic acid groups (broad SMARTS) is 1. The number of nitrogens with zero attached hydrogens (tertiary/aromatic N) is 2. The van der Waals surface area contributed by atoms with E-state index in [2.05, 4.69) is 16.8 Å². The van der Waals surface area contributed by atoms with Crippen LogP contribution in [0.3, 0.4) is 0 Å². The number of aromatic carboxylic acids is 1. The Balaban J connectivity index is 2.19. The van der Waals surface area contributed by atoms with Crippen LogP contribution in [0.2, 0.25) is 0 Å². The van der Waals surface area contributed by atoms with E-state index in [0.717, 1.165) is 15.9 Å². The zero-order valence-corrected chi connectivity index (χ0v) is 10.5. The molecule has 0 aliphatic heterocycles. The summed E-state index contributed by atoms with van der Waals surface area (Å²) in [6.45, 7) is 3.98. The van der Waals surface area contributed by atoms with Crippen molar-refractivity contribution in [2.75, 3.05) is 11.9 Å². The topological polar surface area (TPSA) is 53.4 Å². The lowest BCUT2D eigenvalue weighted by Crippen LogP contribution is -2.30. The van der Waals surface area contributed by atoms with E-state index in [-0.39, 0.29) is 5.69 Å². The lowest BCUT2D eigenvalue weighted by Gasteiger charge is -2.23. The summed E-state index contributed by atoms with van der Waals surface area (Å²) in [7, 11) is 1.99. The zero-order valence-electron chi connectivity index (χ0n) is 9.73. The Morgan fingerprint density at radius 3 is 2.69 bits per heavy atom. The molecule has 16 heavy (non-hydrogen) atoms. The molecule has 1 aromatic rings. The summed E-state index contributed by atoms with van der Waals surface area (Å²) in [6.07, 6.45) is 2.56. The highest BCUT2D eigenvalue weighted by Crippen LogP contribution is 2.37. The van der Waals surface area contributed by atoms with Crippen molar-refractivity contribution in [3.8, 4) is 0 Å². The SMILES string of the molecule is Cc1sc(N(C)C(C)C2CC2)nc1C(=O)O. The van der Waals surface area contributed by atoms with Crippen LogP contribution in [0.5, 0.6) is 0 Å². The molecule has 88 valence electrons. The maximum Gasteiger partial charge on any atom is 0.355 e. The van der Waals surface area contributed by atoms with Crippen molar-refractivity contribution < 1.29 is 9.90 Å². The molecule has 0 amide bonds. The van der Waals surface area contributed by atoms with E-state index in [9.17, 15) is 4.79 Å². The van der Waals surface area contributed by atoms with Gasteiger partial charge in [-0.1, -0.05) is 0 Å². The third-order valence-corrected chi connectivity index (χ3v) is 4.27. The van der Waals surface area contributed by atoms with Crippen LogP contribution in [0.1, 0.15) is 35.1 Å². The Morgan fingerprint density at radius 1 is 1.62 bits per heavy atom. The molecule has 1 heterocycles. The summed E-state index contributed by atoms with van der Waals surface area (Å²) in [5, 5.41) is 9.76. The van der Waals surface area contributed by atoms with Crippen molar-refractivity contribution in [3.05, 3.63) is 10.6 Å². The molecule has 1 aliphatic carbocycles. The molecule has 1 N–H and O–H groups in total. The molecule has 1 saturated carbocycles. The van der Waals surface area contributed by atoms with Crippen LogP contribution in [-0.2, 0) is 0 Å². The van der Waals surface area contributed by atoms with Gasteiger partial charge in [0.25, 0.3) is 0 Å². The van der Waals surface area contributed by atoms with Crippen molar-refractivity contribution in [2.45, 2.75) is 32.7 Å². The maximum atomic E-state index is 10.9. The molecule has 1 fully saturated rings. The molecule has 4 nitrogen and oxygen atoms in total. The van der Waals surface area contributed by atoms with E-state index in [4.69, 9.17) is 5.11 Å². The Kier molecular flexibility index (Phi) is 2.88. The Bertz CT molecular complexity index is 412. The molecule has 1 aromatic heterocycles. The Hall–Kier alpha value is -1.10. The smallest absolute Gasteiger partial charge is 0.355 e. The minimum atomic E-state index is -0.938. The fraction of sp³-hybridized carbons (Fsp3) is 0.636. The van der Waals surface area contributed by atoms with E-state index < -0.39 is 5.97 Å². The van der Waals surface area contributed by atoms with Crippen molar-refractivity contribution >= 4 is 22.4 Å². The number of aromatic nitrogens is 1. The summed E-state index contributed by atoms with van der Waals surface area (Å²) < 4.78 is 0. The second-order valence-corrected chi connectivity index (χ2v) is 5.58. The van der Waals surface area contributed by atoms with Crippen molar-refractivity contribution in [1.82, 2.24) is 4.98 Å². The molecule has 2 rings (SSSR count). The van der Waals surface area contributed by atoms with Crippen LogP contribution < -0.4 is 4.90 Å². The highest BCUT2D eigenvalue weighted by atomic mass is 32.1. The van der Waals surface area contributed by atoms with Crippen LogP contribution >= 0.6 is 11.3 Å². The van der Waals surface area contributed by atoms with Crippen LogP contribution in [0, 0.1) is 12.8 Å². The van der Waals surface area contributed by atoms with Gasteiger partial charge in [0.15, 0.2) is 10.8 Å². The minimum Gasteiger partial charge on any atom is -0.476 e. The number of hydrogen-bond acceptors (Lipinski definition) is 4. The van der Waals surface area contributed by atoms with Crippen LogP contribution in [0.4, 0.5) is 5.13 Å². The number of carbonyl (C=O) groups is 1. The number of thiazole rings is 1. The van der Waals surface area contributed by atoms with Crippen molar-refractivity contribution in [3.63, 3.8) is 0 Å². The summed E-state index contributed by atoms with van der Waals surface area (Å²) >= 11 is 1.46. The third-order valence-electron chi connectivity index (χ3n) is 3.20. The van der Waals surface area contributed by atoms with E-state index in [1.807, 2.05) is 7.05 Å². The Morgan fingerprint density at radius 2 is 2.25 bits per heavy atom. The summed E-state index contributed by atoms with van der Waals surface area (Å²) in [4.78, 5) is 18.0. The first-order valence-electron chi connectivity index (χ1n) is 5.44. The average Bonchev–Trinajstić information content (AvgIpc) is 2.99. The number of carboxylic acids is 1. The molecule has 1 atom stereocenters. The van der Waals surface area contributed by atoms with Gasteiger partial charge in [-0.2, -0.15) is 0 Å². The maximum absolute atomic E-state index is 10.9. The summed E-state index contributed by atoms with van der Waals surface area (Å²) in [6, 6.07) is 0.451. The van der Waals surface area contributed by atoms with Crippen LogP contribution in [0.25, 0.3) is 0 Å². The van der Waals surface area contributed by atoms with Gasteiger partial charge in [-0.25, -0.2) is 9.78 Å². The first-order chi connectivity index (χ1) is 7.50. The highest BCUT2D eigenvalue weighted by molar-refractivity contribution is 7.15. The summed E-state index contributed by atoms with van der Waals surface area (Å²) in [5.74, 6) is -0.185. The zero-order chi connectivity index (χ0) is 11.9. The molecule has 0 aromatic carbocycles. The first kappa shape index (κ1) is 11.4. The predicted molar refractivity (Wildman–Crippen MR) is 64.4 cm³/mol. The minimum absolute atomic E-state index is 0.190. The van der Waals surface area contributed by atoms with Gasteiger partial charge in [-0.15, -0.1) is 11.3 Å².